The van der Waals surface area contributed by atoms with E-state index >= 15 is 0 Å². The summed E-state index contributed by atoms with van der Waals surface area (Å²) in [6.07, 6.45) is 2.26. The van der Waals surface area contributed by atoms with Crippen molar-refractivity contribution in [1.29, 1.82) is 0 Å². The van der Waals surface area contributed by atoms with E-state index in [4.69, 9.17) is 18.9 Å². The zero-order chi connectivity index (χ0) is 23.7. The molecule has 2 N–H and O–H groups in total. The summed E-state index contributed by atoms with van der Waals surface area (Å²) in [6, 6.07) is 6.55. The van der Waals surface area contributed by atoms with E-state index in [1.807, 2.05) is 33.8 Å². The molecule has 7 nitrogen and oxygen atoms in total. The fourth-order valence-electron chi connectivity index (χ4n) is 4.91. The summed E-state index contributed by atoms with van der Waals surface area (Å²) >= 11 is 0. The van der Waals surface area contributed by atoms with Crippen LogP contribution in [-0.4, -0.2) is 40.4 Å². The van der Waals surface area contributed by atoms with Gasteiger partial charge in [0.2, 0.25) is 0 Å². The number of ketones is 1. The van der Waals surface area contributed by atoms with Gasteiger partial charge in [-0.25, -0.2) is 0 Å². The van der Waals surface area contributed by atoms with Gasteiger partial charge in [-0.15, -0.1) is 0 Å². The zero-order valence-corrected chi connectivity index (χ0v) is 19.3. The number of hydrogen-bond acceptors (Lipinski definition) is 7. The van der Waals surface area contributed by atoms with Crippen LogP contribution in [0.5, 0.6) is 23.0 Å². The minimum absolute atomic E-state index is 0.0599. The molecule has 0 amide bonds. The third-order valence-electron chi connectivity index (χ3n) is 6.57. The van der Waals surface area contributed by atoms with Crippen LogP contribution >= 0.6 is 0 Å². The van der Waals surface area contributed by atoms with E-state index in [2.05, 4.69) is 0 Å². The number of carbonyl (C=O) groups excluding carboxylic acids is 1. The molecule has 1 saturated heterocycles. The van der Waals surface area contributed by atoms with Crippen LogP contribution in [0.3, 0.4) is 0 Å². The Morgan fingerprint density at radius 2 is 1.76 bits per heavy atom. The van der Waals surface area contributed by atoms with Gasteiger partial charge in [0, 0.05) is 7.11 Å². The lowest BCUT2D eigenvalue weighted by Crippen LogP contribution is -2.56. The molecule has 5 rings (SSSR count). The maximum atomic E-state index is 13.3. The zero-order valence-electron chi connectivity index (χ0n) is 19.3. The molecule has 2 aromatic rings. The Kier molecular flexibility index (Phi) is 4.78. The molecule has 0 aromatic heterocycles. The highest BCUT2D eigenvalue weighted by Gasteiger charge is 2.54. The Bertz CT molecular complexity index is 1160. The highest BCUT2D eigenvalue weighted by molar-refractivity contribution is 6.05. The molecule has 0 aliphatic carbocycles. The van der Waals surface area contributed by atoms with Crippen molar-refractivity contribution in [2.75, 3.05) is 7.11 Å². The molecule has 0 bridgehead atoms. The van der Waals surface area contributed by atoms with Crippen LogP contribution in [-0.2, 0) is 9.47 Å². The molecule has 0 spiro atoms. The Hall–Kier alpha value is -3.03. The van der Waals surface area contributed by atoms with Gasteiger partial charge in [0.05, 0.1) is 23.1 Å². The van der Waals surface area contributed by atoms with Crippen molar-refractivity contribution in [1.82, 2.24) is 0 Å². The van der Waals surface area contributed by atoms with Crippen LogP contribution in [0.2, 0.25) is 0 Å². The Balaban J connectivity index is 1.71. The minimum Gasteiger partial charge on any atom is -0.508 e. The molecule has 2 aromatic carbocycles. The van der Waals surface area contributed by atoms with Crippen molar-refractivity contribution >= 4 is 11.9 Å². The second-order valence-corrected chi connectivity index (χ2v) is 9.87. The van der Waals surface area contributed by atoms with Crippen molar-refractivity contribution in [3.05, 3.63) is 52.6 Å². The van der Waals surface area contributed by atoms with Crippen molar-refractivity contribution in [2.45, 2.75) is 63.6 Å². The predicted molar refractivity (Wildman–Crippen MR) is 121 cm³/mol. The van der Waals surface area contributed by atoms with Crippen molar-refractivity contribution in [2.24, 2.45) is 0 Å². The first-order valence-electron chi connectivity index (χ1n) is 11.0. The minimum atomic E-state index is -0.626. The number of benzene rings is 2. The Labute approximate surface area is 192 Å². The second kappa shape index (κ2) is 7.23. The summed E-state index contributed by atoms with van der Waals surface area (Å²) in [4.78, 5) is 13.3. The number of carbonyl (C=O) groups is 1. The van der Waals surface area contributed by atoms with Crippen LogP contribution in [0.4, 0.5) is 0 Å². The normalized spacial score (nSPS) is 26.5. The number of ether oxygens (including phenoxy) is 4. The lowest BCUT2D eigenvalue weighted by molar-refractivity contribution is -0.286. The number of methoxy groups -OCH3 is 1. The second-order valence-electron chi connectivity index (χ2n) is 9.87. The van der Waals surface area contributed by atoms with E-state index < -0.39 is 23.4 Å². The summed E-state index contributed by atoms with van der Waals surface area (Å²) in [5.74, 6) is 0.428. The van der Waals surface area contributed by atoms with Gasteiger partial charge in [0.15, 0.2) is 5.78 Å². The summed E-state index contributed by atoms with van der Waals surface area (Å²) in [6.45, 7) is 7.70. The third kappa shape index (κ3) is 3.38. The van der Waals surface area contributed by atoms with Crippen molar-refractivity contribution in [3.8, 4) is 23.0 Å². The third-order valence-corrected chi connectivity index (χ3v) is 6.57. The van der Waals surface area contributed by atoms with Gasteiger partial charge in [-0.3, -0.25) is 4.79 Å². The average molecular weight is 453 g/mol. The van der Waals surface area contributed by atoms with E-state index in [0.29, 0.717) is 16.9 Å². The van der Waals surface area contributed by atoms with E-state index in [-0.39, 0.29) is 41.1 Å². The number of hydrogen-bond donors (Lipinski definition) is 2. The largest absolute Gasteiger partial charge is 0.508 e. The maximum absolute atomic E-state index is 13.3. The molecular formula is C26H28O7. The van der Waals surface area contributed by atoms with Crippen LogP contribution in [0.25, 0.3) is 6.08 Å². The molecule has 3 unspecified atom stereocenters. The summed E-state index contributed by atoms with van der Waals surface area (Å²) in [7, 11) is 1.62. The van der Waals surface area contributed by atoms with E-state index in [1.54, 1.807) is 37.5 Å². The molecule has 0 radical (unpaired) electrons. The summed E-state index contributed by atoms with van der Waals surface area (Å²) in [5.41, 5.74) is 0.722. The monoisotopic (exact) mass is 452 g/mol. The van der Waals surface area contributed by atoms with Crippen LogP contribution in [0.15, 0.2) is 30.3 Å². The molecule has 7 heteroatoms. The number of Topliss-reactive ketones (excluding diaryl/α,β-unsaturated/α-hetero) is 1. The van der Waals surface area contributed by atoms with Gasteiger partial charge < -0.3 is 29.2 Å². The number of aromatic hydroxyl groups is 2. The van der Waals surface area contributed by atoms with Gasteiger partial charge in [-0.2, -0.15) is 0 Å². The molecule has 3 atom stereocenters. The highest BCUT2D eigenvalue weighted by atomic mass is 16.6. The molecule has 3 heterocycles. The van der Waals surface area contributed by atoms with E-state index in [1.165, 1.54) is 0 Å². The molecule has 3 aliphatic rings. The first kappa shape index (κ1) is 21.8. The van der Waals surface area contributed by atoms with Crippen LogP contribution in [0, 0.1) is 0 Å². The lowest BCUT2D eigenvalue weighted by atomic mass is 9.80. The average Bonchev–Trinajstić information content (AvgIpc) is 2.72. The van der Waals surface area contributed by atoms with Gasteiger partial charge in [0.25, 0.3) is 0 Å². The molecule has 174 valence electrons. The van der Waals surface area contributed by atoms with E-state index in [9.17, 15) is 15.0 Å². The maximum Gasteiger partial charge on any atom is 0.174 e. The van der Waals surface area contributed by atoms with Gasteiger partial charge in [0.1, 0.15) is 52.5 Å². The standard InChI is InChI=1S/C26H28O7/c1-25(2)11-10-15-20(29)18-16(28)12-17(13-6-8-14(27)9-7-13)31-22(18)19(21(15)32-25)23-24(30-5)26(3,4)33-23/h6-11,17,23-24,27,29H,12H2,1-5H3. The van der Waals surface area contributed by atoms with Crippen LogP contribution < -0.4 is 9.47 Å². The van der Waals surface area contributed by atoms with Gasteiger partial charge in [-0.1, -0.05) is 12.1 Å². The number of phenolic OH excluding ortho intramolecular Hbond substituents is 2. The lowest BCUT2D eigenvalue weighted by Gasteiger charge is -2.51. The Morgan fingerprint density at radius 3 is 2.39 bits per heavy atom. The van der Waals surface area contributed by atoms with Gasteiger partial charge in [-0.05, 0) is 57.5 Å². The number of fused-ring (bicyclic) bond motifs is 2. The summed E-state index contributed by atoms with van der Waals surface area (Å²) in [5, 5.41) is 20.8. The van der Waals surface area contributed by atoms with Crippen molar-refractivity contribution in [3.63, 3.8) is 0 Å². The molecule has 33 heavy (non-hydrogen) atoms. The molecular weight excluding hydrogens is 424 g/mol. The smallest absolute Gasteiger partial charge is 0.174 e. The first-order valence-corrected chi connectivity index (χ1v) is 11.0. The van der Waals surface area contributed by atoms with Crippen LogP contribution in [0.1, 0.15) is 73.4 Å². The number of rotatable bonds is 3. The first-order chi connectivity index (χ1) is 15.5. The predicted octanol–water partition coefficient (Wildman–Crippen LogP) is 4.85. The van der Waals surface area contributed by atoms with Gasteiger partial charge >= 0.3 is 0 Å². The molecule has 0 saturated carbocycles. The molecule has 1 fully saturated rings. The fourth-order valence-corrected chi connectivity index (χ4v) is 4.91. The molecule has 3 aliphatic heterocycles. The topological polar surface area (TPSA) is 94.5 Å². The highest BCUT2D eigenvalue weighted by Crippen LogP contribution is 2.58. The quantitative estimate of drug-likeness (QED) is 0.687. The Morgan fingerprint density at radius 1 is 1.06 bits per heavy atom. The SMILES string of the molecule is COC1C(c2c3c(c(O)c4c2OC(c2ccc(O)cc2)CC4=O)C=CC(C)(C)O3)OC1(C)C. The number of phenols is 2. The fraction of sp³-hybridized carbons (Fsp3) is 0.423. The van der Waals surface area contributed by atoms with E-state index in [0.717, 1.165) is 5.56 Å². The summed E-state index contributed by atoms with van der Waals surface area (Å²) < 4.78 is 24.7. The van der Waals surface area contributed by atoms with Crippen molar-refractivity contribution < 1.29 is 34.0 Å².